The average molecular weight is 605 g/mol. The molecule has 0 heterocycles. The molecule has 256 valence electrons. The van der Waals surface area contributed by atoms with Gasteiger partial charge in [-0.1, -0.05) is 141 Å². The second kappa shape index (κ2) is 34.3. The van der Waals surface area contributed by atoms with Gasteiger partial charge in [-0.25, -0.2) is 0 Å². The first-order valence-corrected chi connectivity index (χ1v) is 19.9. The Morgan fingerprint density at radius 2 is 0.698 bits per heavy atom. The maximum atomic E-state index is 9.92. The van der Waals surface area contributed by atoms with E-state index < -0.39 is 0 Å². The number of unbranched alkanes of at least 4 members (excludes halogenated alkanes) is 24. The summed E-state index contributed by atoms with van der Waals surface area (Å²) in [5.41, 5.74) is 0. The maximum absolute atomic E-state index is 9.92. The Labute approximate surface area is 273 Å². The summed E-state index contributed by atoms with van der Waals surface area (Å²) in [6.45, 7) is 10.3. The molecule has 0 rings (SSSR count). The quantitative estimate of drug-likeness (QED) is 0.0433. The van der Waals surface area contributed by atoms with Gasteiger partial charge in [0.15, 0.2) is 0 Å². The molecule has 0 spiro atoms. The van der Waals surface area contributed by atoms with Crippen LogP contribution in [0.2, 0.25) is 0 Å². The maximum Gasteiger partial charge on any atom is 0.0809 e. The van der Waals surface area contributed by atoms with Gasteiger partial charge in [0.05, 0.1) is 32.8 Å². The van der Waals surface area contributed by atoms with Crippen LogP contribution in [0.15, 0.2) is 24.3 Å². The van der Waals surface area contributed by atoms with E-state index in [-0.39, 0.29) is 6.10 Å². The lowest BCUT2D eigenvalue weighted by Crippen LogP contribution is -2.47. The standard InChI is InChI=1S/C41H82NO/c1-5-7-9-11-13-15-17-19-21-23-25-27-29-31-33-35-38-42(4,40-37-41(3)43)39-36-34-32-30-28-26-24-22-20-18-16-14-12-10-8-6-2/h19-22,41,43H,5-18,23-40H2,1-4H3/q+1/b21-19-,22-20-. The third-order valence-electron chi connectivity index (χ3n) is 9.51. The van der Waals surface area contributed by atoms with Crippen LogP contribution in [0.3, 0.4) is 0 Å². The molecule has 1 atom stereocenters. The number of quaternary nitrogens is 1. The third-order valence-corrected chi connectivity index (χ3v) is 9.51. The first-order valence-electron chi connectivity index (χ1n) is 19.9. The highest BCUT2D eigenvalue weighted by molar-refractivity contribution is 4.82. The van der Waals surface area contributed by atoms with Crippen molar-refractivity contribution in [3.8, 4) is 0 Å². The topological polar surface area (TPSA) is 20.2 Å². The van der Waals surface area contributed by atoms with Crippen molar-refractivity contribution < 1.29 is 9.59 Å². The van der Waals surface area contributed by atoms with Crippen molar-refractivity contribution in [2.24, 2.45) is 0 Å². The highest BCUT2D eigenvalue weighted by Gasteiger charge is 2.21. The molecule has 0 aliphatic heterocycles. The van der Waals surface area contributed by atoms with E-state index in [4.69, 9.17) is 0 Å². The Morgan fingerprint density at radius 1 is 0.419 bits per heavy atom. The third kappa shape index (κ3) is 34.1. The molecule has 2 heteroatoms. The van der Waals surface area contributed by atoms with Gasteiger partial charge in [-0.15, -0.1) is 0 Å². The van der Waals surface area contributed by atoms with Gasteiger partial charge in [-0.3, -0.25) is 0 Å². The molecular formula is C41H82NO+. The largest absolute Gasteiger partial charge is 0.393 e. The van der Waals surface area contributed by atoms with Gasteiger partial charge in [0, 0.05) is 6.42 Å². The van der Waals surface area contributed by atoms with E-state index in [1.54, 1.807) is 0 Å². The van der Waals surface area contributed by atoms with Crippen molar-refractivity contribution in [2.45, 2.75) is 213 Å². The van der Waals surface area contributed by atoms with Crippen LogP contribution >= 0.6 is 0 Å². The SMILES string of the molecule is CCCCCCCC/C=C\CCCCCCCC[N+](C)(CCCCCCCC/C=C\CCCCCCCC)CCC(C)O. The van der Waals surface area contributed by atoms with Gasteiger partial charge >= 0.3 is 0 Å². The van der Waals surface area contributed by atoms with Gasteiger partial charge in [0.1, 0.15) is 0 Å². The van der Waals surface area contributed by atoms with E-state index >= 15 is 0 Å². The molecule has 0 fully saturated rings. The number of nitrogens with zero attached hydrogens (tertiary/aromatic N) is 1. The van der Waals surface area contributed by atoms with E-state index in [2.05, 4.69) is 45.2 Å². The Morgan fingerprint density at radius 3 is 1.00 bits per heavy atom. The molecule has 0 aliphatic rings. The monoisotopic (exact) mass is 605 g/mol. The van der Waals surface area contributed by atoms with E-state index in [0.29, 0.717) is 0 Å². The number of aliphatic hydroxyl groups excluding tert-OH is 1. The fraction of sp³-hybridized carbons (Fsp3) is 0.902. The van der Waals surface area contributed by atoms with E-state index in [0.717, 1.165) is 17.4 Å². The van der Waals surface area contributed by atoms with E-state index in [1.165, 1.54) is 193 Å². The number of hydrogen-bond acceptors (Lipinski definition) is 1. The van der Waals surface area contributed by atoms with Crippen molar-refractivity contribution in [1.29, 1.82) is 0 Å². The summed E-state index contributed by atoms with van der Waals surface area (Å²) < 4.78 is 1.16. The number of allylic oxidation sites excluding steroid dienone is 4. The number of rotatable bonds is 35. The summed E-state index contributed by atoms with van der Waals surface area (Å²) in [4.78, 5) is 0. The summed E-state index contributed by atoms with van der Waals surface area (Å²) >= 11 is 0. The molecule has 0 aromatic heterocycles. The van der Waals surface area contributed by atoms with Crippen LogP contribution < -0.4 is 0 Å². The van der Waals surface area contributed by atoms with Crippen molar-refractivity contribution in [3.05, 3.63) is 24.3 Å². The highest BCUT2D eigenvalue weighted by atomic mass is 16.3. The molecule has 0 aliphatic carbocycles. The summed E-state index contributed by atoms with van der Waals surface area (Å²) in [6, 6.07) is 0. The smallest absolute Gasteiger partial charge is 0.0809 e. The molecule has 0 bridgehead atoms. The normalized spacial score (nSPS) is 13.1. The Bertz CT molecular complexity index is 538. The van der Waals surface area contributed by atoms with Gasteiger partial charge in [-0.2, -0.15) is 0 Å². The minimum atomic E-state index is -0.169. The van der Waals surface area contributed by atoms with Crippen molar-refractivity contribution in [3.63, 3.8) is 0 Å². The summed E-state index contributed by atoms with van der Waals surface area (Å²) in [5, 5.41) is 9.92. The van der Waals surface area contributed by atoms with Crippen LogP contribution in [0.25, 0.3) is 0 Å². The Hall–Kier alpha value is -0.600. The van der Waals surface area contributed by atoms with Gasteiger partial charge in [0.25, 0.3) is 0 Å². The van der Waals surface area contributed by atoms with Crippen LogP contribution in [0, 0.1) is 0 Å². The van der Waals surface area contributed by atoms with Crippen molar-refractivity contribution in [2.75, 3.05) is 26.7 Å². The van der Waals surface area contributed by atoms with Gasteiger partial charge in [-0.05, 0) is 84.0 Å². The lowest BCUT2D eigenvalue weighted by molar-refractivity contribution is -0.910. The molecular weight excluding hydrogens is 522 g/mol. The summed E-state index contributed by atoms with van der Waals surface area (Å²) in [5.74, 6) is 0. The summed E-state index contributed by atoms with van der Waals surface area (Å²) in [7, 11) is 2.46. The fourth-order valence-corrected chi connectivity index (χ4v) is 6.32. The first-order chi connectivity index (χ1) is 21.0. The minimum Gasteiger partial charge on any atom is -0.393 e. The molecule has 0 aromatic rings. The van der Waals surface area contributed by atoms with Crippen LogP contribution in [-0.4, -0.2) is 42.4 Å². The first kappa shape index (κ1) is 42.4. The molecule has 1 N–H and O–H groups in total. The predicted molar refractivity (Wildman–Crippen MR) is 196 cm³/mol. The van der Waals surface area contributed by atoms with Gasteiger partial charge < -0.3 is 9.59 Å². The van der Waals surface area contributed by atoms with Crippen molar-refractivity contribution >= 4 is 0 Å². The zero-order valence-electron chi connectivity index (χ0n) is 30.4. The van der Waals surface area contributed by atoms with Crippen LogP contribution in [0.4, 0.5) is 0 Å². The lowest BCUT2D eigenvalue weighted by atomic mass is 10.1. The molecule has 43 heavy (non-hydrogen) atoms. The average Bonchev–Trinajstić information content (AvgIpc) is 2.99. The zero-order valence-corrected chi connectivity index (χ0v) is 30.4. The van der Waals surface area contributed by atoms with Crippen LogP contribution in [0.1, 0.15) is 207 Å². The predicted octanol–water partition coefficient (Wildman–Crippen LogP) is 13.3. The van der Waals surface area contributed by atoms with E-state index in [9.17, 15) is 5.11 Å². The Kier molecular flexibility index (Phi) is 33.8. The number of aliphatic hydroxyl groups is 1. The molecule has 2 nitrogen and oxygen atoms in total. The molecule has 0 saturated heterocycles. The molecule has 1 unspecified atom stereocenters. The zero-order chi connectivity index (χ0) is 31.5. The fourth-order valence-electron chi connectivity index (χ4n) is 6.32. The minimum absolute atomic E-state index is 0.169. The summed E-state index contributed by atoms with van der Waals surface area (Å²) in [6.07, 6.45) is 49.0. The molecule has 0 saturated carbocycles. The van der Waals surface area contributed by atoms with Crippen molar-refractivity contribution in [1.82, 2.24) is 0 Å². The van der Waals surface area contributed by atoms with Crippen LogP contribution in [0.5, 0.6) is 0 Å². The molecule has 0 radical (unpaired) electrons. The van der Waals surface area contributed by atoms with E-state index in [1.807, 2.05) is 6.92 Å². The Balaban J connectivity index is 3.78. The molecule has 0 aromatic carbocycles. The second-order valence-electron chi connectivity index (χ2n) is 14.3. The number of hydrogen-bond donors (Lipinski definition) is 1. The second-order valence-corrected chi connectivity index (χ2v) is 14.3. The lowest BCUT2D eigenvalue weighted by Gasteiger charge is -2.35. The van der Waals surface area contributed by atoms with Gasteiger partial charge in [0.2, 0.25) is 0 Å². The highest BCUT2D eigenvalue weighted by Crippen LogP contribution is 2.16. The molecule has 0 amide bonds. The van der Waals surface area contributed by atoms with Crippen LogP contribution in [-0.2, 0) is 0 Å².